The maximum atomic E-state index is 11.3. The first-order chi connectivity index (χ1) is 6.67. The number of nitrogens with zero attached hydrogens (tertiary/aromatic N) is 1. The summed E-state index contributed by atoms with van der Waals surface area (Å²) in [6, 6.07) is 2.02. The molecule has 0 aromatic heterocycles. The number of piperidine rings is 1. The first-order valence-corrected chi connectivity index (χ1v) is 4.98. The minimum atomic E-state index is -0.813. The van der Waals surface area contributed by atoms with E-state index in [1.54, 1.807) is 0 Å². The maximum absolute atomic E-state index is 11.3. The van der Waals surface area contributed by atoms with Crippen molar-refractivity contribution in [1.29, 1.82) is 5.26 Å². The predicted octanol–water partition coefficient (Wildman–Crippen LogP) is 0.991. The Kier molecular flexibility index (Phi) is 3.48. The van der Waals surface area contributed by atoms with Crippen LogP contribution < -0.4 is 5.32 Å². The van der Waals surface area contributed by atoms with E-state index in [0.29, 0.717) is 19.5 Å². The van der Waals surface area contributed by atoms with Crippen molar-refractivity contribution in [2.75, 3.05) is 13.1 Å². The third kappa shape index (κ3) is 1.73. The van der Waals surface area contributed by atoms with Gasteiger partial charge in [-0.25, -0.2) is 0 Å². The quantitative estimate of drug-likeness (QED) is 0.706. The molecule has 0 bridgehead atoms. The second kappa shape index (κ2) is 4.43. The molecule has 0 amide bonds. The van der Waals surface area contributed by atoms with Crippen LogP contribution >= 0.6 is 0 Å². The van der Waals surface area contributed by atoms with Crippen LogP contribution in [0.2, 0.25) is 0 Å². The Morgan fingerprint density at radius 2 is 2.50 bits per heavy atom. The van der Waals surface area contributed by atoms with Crippen molar-refractivity contribution in [3.63, 3.8) is 0 Å². The van der Waals surface area contributed by atoms with Crippen LogP contribution in [0, 0.1) is 22.7 Å². The number of carboxylic acids is 1. The molecule has 1 aliphatic heterocycles. The fourth-order valence-electron chi connectivity index (χ4n) is 2.25. The van der Waals surface area contributed by atoms with Gasteiger partial charge in [-0.1, -0.05) is 13.3 Å². The minimum absolute atomic E-state index is 0.0772. The third-order valence-electron chi connectivity index (χ3n) is 3.23. The molecule has 0 aromatic carbocycles. The monoisotopic (exact) mass is 196 g/mol. The fourth-order valence-corrected chi connectivity index (χ4v) is 2.25. The molecule has 0 spiro atoms. The van der Waals surface area contributed by atoms with Crippen molar-refractivity contribution in [2.45, 2.75) is 26.2 Å². The van der Waals surface area contributed by atoms with Gasteiger partial charge in [0.1, 0.15) is 0 Å². The molecule has 2 N–H and O–H groups in total. The van der Waals surface area contributed by atoms with E-state index in [-0.39, 0.29) is 12.3 Å². The van der Waals surface area contributed by atoms with Gasteiger partial charge in [0.05, 0.1) is 17.9 Å². The van der Waals surface area contributed by atoms with Gasteiger partial charge in [-0.3, -0.25) is 4.79 Å². The summed E-state index contributed by atoms with van der Waals surface area (Å²) in [7, 11) is 0. The molecule has 1 saturated heterocycles. The van der Waals surface area contributed by atoms with E-state index >= 15 is 0 Å². The predicted molar refractivity (Wildman–Crippen MR) is 51.6 cm³/mol. The van der Waals surface area contributed by atoms with Crippen LogP contribution in [0.25, 0.3) is 0 Å². The minimum Gasteiger partial charge on any atom is -0.481 e. The van der Waals surface area contributed by atoms with E-state index in [0.717, 1.165) is 6.42 Å². The summed E-state index contributed by atoms with van der Waals surface area (Å²) >= 11 is 0. The summed E-state index contributed by atoms with van der Waals surface area (Å²) in [5, 5.41) is 21.1. The van der Waals surface area contributed by atoms with Crippen molar-refractivity contribution in [3.8, 4) is 6.07 Å². The van der Waals surface area contributed by atoms with Crippen molar-refractivity contribution < 1.29 is 9.90 Å². The number of carbonyl (C=O) groups is 1. The molecule has 4 heteroatoms. The highest BCUT2D eigenvalue weighted by Gasteiger charge is 2.46. The first kappa shape index (κ1) is 11.0. The average molecular weight is 196 g/mol. The zero-order valence-corrected chi connectivity index (χ0v) is 8.42. The van der Waals surface area contributed by atoms with Gasteiger partial charge < -0.3 is 10.4 Å². The lowest BCUT2D eigenvalue weighted by atomic mass is 9.68. The van der Waals surface area contributed by atoms with Crippen molar-refractivity contribution in [1.82, 2.24) is 5.32 Å². The largest absolute Gasteiger partial charge is 0.481 e. The van der Waals surface area contributed by atoms with Gasteiger partial charge in [0.2, 0.25) is 0 Å². The molecule has 1 fully saturated rings. The lowest BCUT2D eigenvalue weighted by Crippen LogP contribution is -2.49. The molecule has 0 aromatic rings. The Balaban J connectivity index is 2.91. The van der Waals surface area contributed by atoms with Crippen molar-refractivity contribution in [3.05, 3.63) is 0 Å². The molecule has 0 aliphatic carbocycles. The molecular formula is C10H16N2O2. The van der Waals surface area contributed by atoms with E-state index < -0.39 is 11.4 Å². The molecule has 4 nitrogen and oxygen atoms in total. The van der Waals surface area contributed by atoms with Crippen molar-refractivity contribution >= 4 is 5.97 Å². The lowest BCUT2D eigenvalue weighted by Gasteiger charge is -2.39. The standard InChI is InChI=1S/C10H16N2O2/c1-2-8-7-12-6-4-10(8,3-5-11)9(13)14/h8,12H,2-4,6-7H2,1H3,(H,13,14)/t8-,10-/m0/s1. The Labute approximate surface area is 83.9 Å². The summed E-state index contributed by atoms with van der Waals surface area (Å²) in [5.74, 6) is -0.735. The molecule has 2 atom stereocenters. The van der Waals surface area contributed by atoms with Gasteiger partial charge in [0.15, 0.2) is 0 Å². The normalized spacial score (nSPS) is 32.1. The molecule has 78 valence electrons. The molecule has 14 heavy (non-hydrogen) atoms. The molecule has 0 radical (unpaired) electrons. The van der Waals surface area contributed by atoms with E-state index in [1.807, 2.05) is 13.0 Å². The Morgan fingerprint density at radius 3 is 3.00 bits per heavy atom. The summed E-state index contributed by atoms with van der Waals surface area (Å²) in [6.45, 7) is 3.39. The van der Waals surface area contributed by atoms with Gasteiger partial charge in [0, 0.05) is 0 Å². The highest BCUT2D eigenvalue weighted by molar-refractivity contribution is 5.75. The Hall–Kier alpha value is -1.08. The molecule has 0 saturated carbocycles. The maximum Gasteiger partial charge on any atom is 0.311 e. The Morgan fingerprint density at radius 1 is 1.79 bits per heavy atom. The second-order valence-corrected chi connectivity index (χ2v) is 3.86. The topological polar surface area (TPSA) is 73.1 Å². The van der Waals surface area contributed by atoms with Crippen LogP contribution in [0.1, 0.15) is 26.2 Å². The van der Waals surface area contributed by atoms with E-state index in [9.17, 15) is 9.90 Å². The van der Waals surface area contributed by atoms with Crippen molar-refractivity contribution in [2.24, 2.45) is 11.3 Å². The first-order valence-electron chi connectivity index (χ1n) is 4.98. The number of hydrogen-bond acceptors (Lipinski definition) is 3. The zero-order valence-electron chi connectivity index (χ0n) is 8.42. The number of aliphatic carboxylic acids is 1. The molecular weight excluding hydrogens is 180 g/mol. The number of rotatable bonds is 3. The number of hydrogen-bond donors (Lipinski definition) is 2. The number of nitriles is 1. The molecule has 1 rings (SSSR count). The highest BCUT2D eigenvalue weighted by Crippen LogP contribution is 2.39. The van der Waals surface area contributed by atoms with Crippen LogP contribution in [0.4, 0.5) is 0 Å². The smallest absolute Gasteiger partial charge is 0.311 e. The fraction of sp³-hybridized carbons (Fsp3) is 0.800. The van der Waals surface area contributed by atoms with Crippen LogP contribution in [-0.2, 0) is 4.79 Å². The van der Waals surface area contributed by atoms with E-state index in [1.165, 1.54) is 0 Å². The summed E-state index contributed by atoms with van der Waals surface area (Å²) in [6.07, 6.45) is 1.50. The van der Waals surface area contributed by atoms with Gasteiger partial charge in [-0.05, 0) is 25.4 Å². The Bertz CT molecular complexity index is 259. The summed E-state index contributed by atoms with van der Waals surface area (Å²) in [5.41, 5.74) is -0.811. The second-order valence-electron chi connectivity index (χ2n) is 3.86. The van der Waals surface area contributed by atoms with Gasteiger partial charge in [0.25, 0.3) is 0 Å². The average Bonchev–Trinajstić information content (AvgIpc) is 2.18. The van der Waals surface area contributed by atoms with E-state index in [2.05, 4.69) is 5.32 Å². The zero-order chi connectivity index (χ0) is 10.6. The van der Waals surface area contributed by atoms with Gasteiger partial charge in [-0.2, -0.15) is 5.26 Å². The SMILES string of the molecule is CC[C@H]1CNCC[C@]1(CC#N)C(=O)O. The third-order valence-corrected chi connectivity index (χ3v) is 3.23. The summed E-state index contributed by atoms with van der Waals surface area (Å²) in [4.78, 5) is 11.3. The summed E-state index contributed by atoms with van der Waals surface area (Å²) < 4.78 is 0. The lowest BCUT2D eigenvalue weighted by molar-refractivity contribution is -0.154. The molecule has 1 aliphatic rings. The van der Waals surface area contributed by atoms with Gasteiger partial charge >= 0.3 is 5.97 Å². The van der Waals surface area contributed by atoms with Crippen LogP contribution in [0.15, 0.2) is 0 Å². The molecule has 1 heterocycles. The van der Waals surface area contributed by atoms with Crippen LogP contribution in [-0.4, -0.2) is 24.2 Å². The van der Waals surface area contributed by atoms with E-state index in [4.69, 9.17) is 5.26 Å². The van der Waals surface area contributed by atoms with Gasteiger partial charge in [-0.15, -0.1) is 0 Å². The number of nitrogens with one attached hydrogen (secondary N) is 1. The number of carboxylic acid groups (broad SMARTS) is 1. The highest BCUT2D eigenvalue weighted by atomic mass is 16.4. The van der Waals surface area contributed by atoms with Crippen LogP contribution in [0.3, 0.4) is 0 Å². The molecule has 0 unspecified atom stereocenters. The van der Waals surface area contributed by atoms with Crippen LogP contribution in [0.5, 0.6) is 0 Å².